The number of carbonyl (C=O) groups excluding carboxylic acids is 2. The molecule has 1 aromatic carbocycles. The number of carbonyl (C=O) groups is 2. The number of rotatable bonds is 6. The van der Waals surface area contributed by atoms with E-state index in [4.69, 9.17) is 4.74 Å². The van der Waals surface area contributed by atoms with Gasteiger partial charge in [0.25, 0.3) is 0 Å². The second-order valence-electron chi connectivity index (χ2n) is 9.17. The van der Waals surface area contributed by atoms with E-state index in [1.165, 1.54) is 23.2 Å². The number of nitrogens with one attached hydrogen (secondary N) is 2. The minimum absolute atomic E-state index is 0.0311. The molecular formula is C24H35N3O3. The Morgan fingerprint density at radius 2 is 1.90 bits per heavy atom. The van der Waals surface area contributed by atoms with Crippen LogP contribution in [0.1, 0.15) is 56.1 Å². The molecule has 0 radical (unpaired) electrons. The smallest absolute Gasteiger partial charge is 0.249 e. The van der Waals surface area contributed by atoms with Crippen molar-refractivity contribution >= 4 is 17.5 Å². The SMILES string of the molecule is CN1CCCc2cc(CNC(=O)C3CCC(CNC(=O)[C@H]4CCCO4)CC3)ccc21. The molecule has 2 amide bonds. The predicted molar refractivity (Wildman–Crippen MR) is 117 cm³/mol. The van der Waals surface area contributed by atoms with Gasteiger partial charge in [-0.05, 0) is 74.5 Å². The summed E-state index contributed by atoms with van der Waals surface area (Å²) in [5.74, 6) is 0.770. The van der Waals surface area contributed by atoms with Crippen LogP contribution < -0.4 is 15.5 Å². The minimum atomic E-state index is -0.254. The van der Waals surface area contributed by atoms with Crippen molar-refractivity contribution in [2.24, 2.45) is 11.8 Å². The predicted octanol–water partition coefficient (Wildman–Crippen LogP) is 2.79. The van der Waals surface area contributed by atoms with Crippen LogP contribution in [0.3, 0.4) is 0 Å². The molecule has 0 spiro atoms. The number of nitrogens with zero attached hydrogens (tertiary/aromatic N) is 1. The Morgan fingerprint density at radius 3 is 2.67 bits per heavy atom. The lowest BCUT2D eigenvalue weighted by atomic mass is 9.81. The number of hydrogen-bond donors (Lipinski definition) is 2. The molecule has 2 fully saturated rings. The number of amides is 2. The second-order valence-corrected chi connectivity index (χ2v) is 9.17. The normalized spacial score (nSPS) is 26.2. The molecule has 6 nitrogen and oxygen atoms in total. The summed E-state index contributed by atoms with van der Waals surface area (Å²) in [4.78, 5) is 27.0. The molecule has 164 valence electrons. The summed E-state index contributed by atoms with van der Waals surface area (Å²) in [6.45, 7) is 3.12. The molecular weight excluding hydrogens is 378 g/mol. The van der Waals surface area contributed by atoms with Gasteiger partial charge in [0.05, 0.1) is 0 Å². The first kappa shape index (κ1) is 21.2. The molecule has 0 aromatic heterocycles. The van der Waals surface area contributed by atoms with Crippen molar-refractivity contribution in [1.82, 2.24) is 10.6 Å². The van der Waals surface area contributed by atoms with E-state index in [1.807, 2.05) is 0 Å². The van der Waals surface area contributed by atoms with Gasteiger partial charge >= 0.3 is 0 Å². The van der Waals surface area contributed by atoms with Crippen molar-refractivity contribution in [3.05, 3.63) is 29.3 Å². The summed E-state index contributed by atoms with van der Waals surface area (Å²) in [5, 5.41) is 6.20. The number of fused-ring (bicyclic) bond motifs is 1. The van der Waals surface area contributed by atoms with Crippen LogP contribution in [-0.2, 0) is 27.3 Å². The third kappa shape index (κ3) is 5.15. The molecule has 0 unspecified atom stereocenters. The van der Waals surface area contributed by atoms with E-state index in [0.29, 0.717) is 25.6 Å². The first-order valence-electron chi connectivity index (χ1n) is 11.6. The van der Waals surface area contributed by atoms with E-state index in [1.54, 1.807) is 0 Å². The zero-order valence-corrected chi connectivity index (χ0v) is 18.1. The summed E-state index contributed by atoms with van der Waals surface area (Å²) >= 11 is 0. The van der Waals surface area contributed by atoms with Crippen molar-refractivity contribution in [3.8, 4) is 0 Å². The Hall–Kier alpha value is -2.08. The fourth-order valence-corrected chi connectivity index (χ4v) is 5.05. The molecule has 1 aliphatic carbocycles. The molecule has 3 aliphatic rings. The number of hydrogen-bond acceptors (Lipinski definition) is 4. The Morgan fingerprint density at radius 1 is 1.07 bits per heavy atom. The van der Waals surface area contributed by atoms with Crippen LogP contribution in [0.4, 0.5) is 5.69 Å². The van der Waals surface area contributed by atoms with Gasteiger partial charge in [-0.1, -0.05) is 12.1 Å². The lowest BCUT2D eigenvalue weighted by molar-refractivity contribution is -0.130. The van der Waals surface area contributed by atoms with Crippen molar-refractivity contribution < 1.29 is 14.3 Å². The lowest BCUT2D eigenvalue weighted by Crippen LogP contribution is -2.39. The van der Waals surface area contributed by atoms with Crippen LogP contribution >= 0.6 is 0 Å². The highest BCUT2D eigenvalue weighted by atomic mass is 16.5. The maximum absolute atomic E-state index is 12.7. The summed E-state index contributed by atoms with van der Waals surface area (Å²) < 4.78 is 5.44. The zero-order chi connectivity index (χ0) is 20.9. The van der Waals surface area contributed by atoms with Crippen molar-refractivity contribution in [3.63, 3.8) is 0 Å². The maximum Gasteiger partial charge on any atom is 0.249 e. The van der Waals surface area contributed by atoms with Gasteiger partial charge in [-0.25, -0.2) is 0 Å². The quantitative estimate of drug-likeness (QED) is 0.752. The highest BCUT2D eigenvalue weighted by Crippen LogP contribution is 2.29. The van der Waals surface area contributed by atoms with Gasteiger partial charge < -0.3 is 20.3 Å². The molecule has 0 bridgehead atoms. The van der Waals surface area contributed by atoms with Crippen LogP contribution in [0.15, 0.2) is 18.2 Å². The first-order valence-corrected chi connectivity index (χ1v) is 11.6. The molecule has 30 heavy (non-hydrogen) atoms. The standard InChI is InChI=1S/C24H35N3O3/c1-27-12-2-4-20-14-18(8-11-21(20)27)16-25-23(28)19-9-6-17(7-10-19)15-26-24(29)22-5-3-13-30-22/h8,11,14,17,19,22H,2-7,9-10,12-13,15-16H2,1H3,(H,25,28)(H,26,29)/t17?,19?,22-/m1/s1. The fraction of sp³-hybridized carbons (Fsp3) is 0.667. The van der Waals surface area contributed by atoms with Gasteiger partial charge in [0.1, 0.15) is 6.10 Å². The number of aryl methyl sites for hydroxylation is 1. The third-order valence-corrected chi connectivity index (χ3v) is 6.97. The molecule has 1 atom stereocenters. The minimum Gasteiger partial charge on any atom is -0.374 e. The molecule has 1 aromatic rings. The van der Waals surface area contributed by atoms with E-state index in [2.05, 4.69) is 40.8 Å². The molecule has 1 saturated carbocycles. The van der Waals surface area contributed by atoms with Gasteiger partial charge in [-0.3, -0.25) is 9.59 Å². The van der Waals surface area contributed by atoms with Crippen molar-refractivity contribution in [2.75, 3.05) is 31.6 Å². The number of benzene rings is 1. The monoisotopic (exact) mass is 413 g/mol. The zero-order valence-electron chi connectivity index (χ0n) is 18.1. The summed E-state index contributed by atoms with van der Waals surface area (Å²) in [5.41, 5.74) is 3.89. The van der Waals surface area contributed by atoms with E-state index in [-0.39, 0.29) is 23.8 Å². The molecule has 2 N–H and O–H groups in total. The van der Waals surface area contributed by atoms with Crippen LogP contribution in [0.5, 0.6) is 0 Å². The van der Waals surface area contributed by atoms with E-state index in [0.717, 1.165) is 51.5 Å². The summed E-state index contributed by atoms with van der Waals surface area (Å²) in [7, 11) is 2.14. The average Bonchev–Trinajstić information content (AvgIpc) is 3.31. The first-order chi connectivity index (χ1) is 14.6. The summed E-state index contributed by atoms with van der Waals surface area (Å²) in [6, 6.07) is 6.57. The van der Waals surface area contributed by atoms with E-state index >= 15 is 0 Å². The molecule has 2 heterocycles. The lowest BCUT2D eigenvalue weighted by Gasteiger charge is -2.29. The van der Waals surface area contributed by atoms with Crippen LogP contribution in [0.25, 0.3) is 0 Å². The van der Waals surface area contributed by atoms with Gasteiger partial charge in [-0.15, -0.1) is 0 Å². The molecule has 6 heteroatoms. The Labute approximate surface area is 179 Å². The fourth-order valence-electron chi connectivity index (χ4n) is 5.05. The van der Waals surface area contributed by atoms with Crippen molar-refractivity contribution in [2.45, 2.75) is 64.0 Å². The third-order valence-electron chi connectivity index (χ3n) is 6.97. The molecule has 1 saturated heterocycles. The topological polar surface area (TPSA) is 70.7 Å². The van der Waals surface area contributed by atoms with Gasteiger partial charge in [-0.2, -0.15) is 0 Å². The van der Waals surface area contributed by atoms with Crippen LogP contribution in [0.2, 0.25) is 0 Å². The maximum atomic E-state index is 12.7. The average molecular weight is 414 g/mol. The van der Waals surface area contributed by atoms with Gasteiger partial charge in [0, 0.05) is 44.9 Å². The highest BCUT2D eigenvalue weighted by Gasteiger charge is 2.28. The Balaban J connectivity index is 1.18. The largest absolute Gasteiger partial charge is 0.374 e. The van der Waals surface area contributed by atoms with Gasteiger partial charge in [0.2, 0.25) is 11.8 Å². The van der Waals surface area contributed by atoms with Crippen LogP contribution in [0, 0.1) is 11.8 Å². The van der Waals surface area contributed by atoms with Crippen LogP contribution in [-0.4, -0.2) is 44.7 Å². The van der Waals surface area contributed by atoms with Gasteiger partial charge in [0.15, 0.2) is 0 Å². The Kier molecular flexibility index (Phi) is 6.93. The number of anilines is 1. The van der Waals surface area contributed by atoms with Crippen molar-refractivity contribution in [1.29, 1.82) is 0 Å². The van der Waals surface area contributed by atoms with E-state index in [9.17, 15) is 9.59 Å². The van der Waals surface area contributed by atoms with E-state index < -0.39 is 0 Å². The summed E-state index contributed by atoms with van der Waals surface area (Å²) in [6.07, 6.45) is 7.66. The second kappa shape index (κ2) is 9.82. The highest BCUT2D eigenvalue weighted by molar-refractivity contribution is 5.81. The molecule has 4 rings (SSSR count). The Bertz CT molecular complexity index is 752. The number of ether oxygens (including phenoxy) is 1. The molecule has 2 aliphatic heterocycles.